The van der Waals surface area contributed by atoms with Crippen LogP contribution in [-0.4, -0.2) is 38.3 Å². The summed E-state index contributed by atoms with van der Waals surface area (Å²) in [6.45, 7) is 3.59. The summed E-state index contributed by atoms with van der Waals surface area (Å²) in [7, 11) is -3.11. The first-order valence-electron chi connectivity index (χ1n) is 6.25. The van der Waals surface area contributed by atoms with Crippen molar-refractivity contribution in [2.45, 2.75) is 32.2 Å². The van der Waals surface area contributed by atoms with Crippen LogP contribution in [0.2, 0.25) is 0 Å². The summed E-state index contributed by atoms with van der Waals surface area (Å²) in [5.41, 5.74) is 0. The maximum Gasteiger partial charge on any atom is 0.211 e. The highest BCUT2D eigenvalue weighted by Gasteiger charge is 2.27. The van der Waals surface area contributed by atoms with Gasteiger partial charge in [-0.1, -0.05) is 13.3 Å². The Labute approximate surface area is 112 Å². The molecule has 5 nitrogen and oxygen atoms in total. The average Bonchev–Trinajstić information content (AvgIpc) is 2.95. The van der Waals surface area contributed by atoms with Gasteiger partial charge in [0.25, 0.3) is 0 Å². The highest BCUT2D eigenvalue weighted by Crippen LogP contribution is 2.22. The molecule has 1 fully saturated rings. The third-order valence-corrected chi connectivity index (χ3v) is 5.34. The zero-order chi connectivity index (χ0) is 13.0. The number of unbranched alkanes of at least 4 members (excludes halogenated alkanes) is 1. The molecule has 1 N–H and O–H groups in total. The lowest BCUT2D eigenvalue weighted by molar-refractivity contribution is 0.558. The van der Waals surface area contributed by atoms with Gasteiger partial charge in [0.1, 0.15) is 0 Å². The van der Waals surface area contributed by atoms with Gasteiger partial charge in [-0.05, 0) is 12.8 Å². The van der Waals surface area contributed by atoms with E-state index in [2.05, 4.69) is 14.6 Å². The Kier molecular flexibility index (Phi) is 4.58. The van der Waals surface area contributed by atoms with E-state index in [1.165, 1.54) is 0 Å². The van der Waals surface area contributed by atoms with Crippen molar-refractivity contribution in [1.82, 2.24) is 9.71 Å². The predicted molar refractivity (Wildman–Crippen MR) is 74.6 cm³/mol. The summed E-state index contributed by atoms with van der Waals surface area (Å²) >= 11 is 1.59. The lowest BCUT2D eigenvalue weighted by Crippen LogP contribution is -2.38. The van der Waals surface area contributed by atoms with Crippen molar-refractivity contribution in [3.63, 3.8) is 0 Å². The van der Waals surface area contributed by atoms with Crippen molar-refractivity contribution in [3.8, 4) is 0 Å². The number of thiazole rings is 1. The van der Waals surface area contributed by atoms with Crippen LogP contribution in [0.15, 0.2) is 11.6 Å². The maximum atomic E-state index is 11.8. The maximum absolute atomic E-state index is 11.8. The number of aromatic nitrogens is 1. The summed E-state index contributed by atoms with van der Waals surface area (Å²) in [4.78, 5) is 6.38. The molecule has 7 heteroatoms. The van der Waals surface area contributed by atoms with E-state index in [-0.39, 0.29) is 11.8 Å². The summed E-state index contributed by atoms with van der Waals surface area (Å²) < 4.78 is 26.4. The van der Waals surface area contributed by atoms with Crippen LogP contribution < -0.4 is 9.62 Å². The van der Waals surface area contributed by atoms with Crippen LogP contribution >= 0.6 is 11.3 Å². The van der Waals surface area contributed by atoms with Gasteiger partial charge in [-0.2, -0.15) is 0 Å². The van der Waals surface area contributed by atoms with E-state index in [4.69, 9.17) is 0 Å². The van der Waals surface area contributed by atoms with E-state index >= 15 is 0 Å². The van der Waals surface area contributed by atoms with E-state index in [0.29, 0.717) is 0 Å². The Bertz CT molecular complexity index is 459. The summed E-state index contributed by atoms with van der Waals surface area (Å²) in [6.07, 6.45) is 4.25. The van der Waals surface area contributed by atoms with Gasteiger partial charge in [-0.3, -0.25) is 0 Å². The molecule has 1 unspecified atom stereocenters. The normalized spacial score (nSPS) is 20.5. The van der Waals surface area contributed by atoms with Gasteiger partial charge in [-0.25, -0.2) is 18.1 Å². The highest BCUT2D eigenvalue weighted by molar-refractivity contribution is 7.89. The van der Waals surface area contributed by atoms with E-state index < -0.39 is 10.0 Å². The van der Waals surface area contributed by atoms with Crippen LogP contribution in [0, 0.1) is 0 Å². The summed E-state index contributed by atoms with van der Waals surface area (Å²) in [5.74, 6) is 0.233. The molecule has 2 heterocycles. The molecule has 0 saturated carbocycles. The molecule has 1 saturated heterocycles. The van der Waals surface area contributed by atoms with Gasteiger partial charge >= 0.3 is 0 Å². The highest BCUT2D eigenvalue weighted by atomic mass is 32.2. The third kappa shape index (κ3) is 3.66. The molecule has 0 amide bonds. The Morgan fingerprint density at radius 1 is 1.61 bits per heavy atom. The molecule has 1 aromatic heterocycles. The van der Waals surface area contributed by atoms with Crippen LogP contribution in [-0.2, 0) is 10.0 Å². The van der Waals surface area contributed by atoms with Gasteiger partial charge in [0.2, 0.25) is 10.0 Å². The van der Waals surface area contributed by atoms with Crippen LogP contribution in [0.25, 0.3) is 0 Å². The molecule has 18 heavy (non-hydrogen) atoms. The minimum atomic E-state index is -3.11. The first kappa shape index (κ1) is 13.8. The second kappa shape index (κ2) is 5.99. The van der Waals surface area contributed by atoms with E-state index in [1.807, 2.05) is 12.3 Å². The van der Waals surface area contributed by atoms with Crippen molar-refractivity contribution in [1.29, 1.82) is 0 Å². The molecular weight excluding hydrogens is 270 g/mol. The Morgan fingerprint density at radius 2 is 2.44 bits per heavy atom. The van der Waals surface area contributed by atoms with Gasteiger partial charge in [-0.15, -0.1) is 11.3 Å². The van der Waals surface area contributed by atoms with Crippen molar-refractivity contribution < 1.29 is 8.42 Å². The second-order valence-corrected chi connectivity index (χ2v) is 7.28. The monoisotopic (exact) mass is 289 g/mol. The summed E-state index contributed by atoms with van der Waals surface area (Å²) in [5, 5.41) is 2.92. The fourth-order valence-electron chi connectivity index (χ4n) is 2.05. The molecule has 0 radical (unpaired) electrons. The fourth-order valence-corrected chi connectivity index (χ4v) is 4.22. The molecule has 2 rings (SSSR count). The molecule has 0 aromatic carbocycles. The molecule has 1 aliphatic rings. The molecule has 0 aliphatic carbocycles. The van der Waals surface area contributed by atoms with Crippen LogP contribution in [0.5, 0.6) is 0 Å². The summed E-state index contributed by atoms with van der Waals surface area (Å²) in [6, 6.07) is 0.0238. The number of hydrogen-bond acceptors (Lipinski definition) is 5. The van der Waals surface area contributed by atoms with Gasteiger partial charge < -0.3 is 4.90 Å². The zero-order valence-corrected chi connectivity index (χ0v) is 12.1. The number of hydrogen-bond donors (Lipinski definition) is 1. The smallest absolute Gasteiger partial charge is 0.211 e. The second-order valence-electron chi connectivity index (χ2n) is 4.54. The van der Waals surface area contributed by atoms with Crippen LogP contribution in [0.3, 0.4) is 0 Å². The SMILES string of the molecule is CCCCS(=O)(=O)NC1CCN(c2nccs2)C1. The number of nitrogens with zero attached hydrogens (tertiary/aromatic N) is 2. The Hall–Kier alpha value is -0.660. The van der Waals surface area contributed by atoms with Crippen molar-refractivity contribution in [2.75, 3.05) is 23.7 Å². The van der Waals surface area contributed by atoms with Gasteiger partial charge in [0.05, 0.1) is 5.75 Å². The first-order chi connectivity index (χ1) is 8.61. The Balaban J connectivity index is 1.86. The molecule has 1 aliphatic heterocycles. The molecule has 0 spiro atoms. The van der Waals surface area contributed by atoms with Crippen molar-refractivity contribution in [3.05, 3.63) is 11.6 Å². The minimum absolute atomic E-state index is 0.0238. The molecular formula is C11H19N3O2S2. The van der Waals surface area contributed by atoms with E-state index in [1.54, 1.807) is 17.5 Å². The Morgan fingerprint density at radius 3 is 3.11 bits per heavy atom. The molecule has 102 valence electrons. The quantitative estimate of drug-likeness (QED) is 0.861. The average molecular weight is 289 g/mol. The largest absolute Gasteiger partial charge is 0.346 e. The first-order valence-corrected chi connectivity index (χ1v) is 8.78. The van der Waals surface area contributed by atoms with Crippen LogP contribution in [0.4, 0.5) is 5.13 Å². The van der Waals surface area contributed by atoms with Crippen molar-refractivity contribution in [2.24, 2.45) is 0 Å². The minimum Gasteiger partial charge on any atom is -0.346 e. The van der Waals surface area contributed by atoms with Gasteiger partial charge in [0, 0.05) is 30.7 Å². The lowest BCUT2D eigenvalue weighted by Gasteiger charge is -2.15. The van der Waals surface area contributed by atoms with Crippen molar-refractivity contribution >= 4 is 26.5 Å². The predicted octanol–water partition coefficient (Wildman–Crippen LogP) is 1.44. The fraction of sp³-hybridized carbons (Fsp3) is 0.727. The molecule has 0 bridgehead atoms. The van der Waals surface area contributed by atoms with E-state index in [9.17, 15) is 8.42 Å². The number of sulfonamides is 1. The number of rotatable bonds is 6. The zero-order valence-electron chi connectivity index (χ0n) is 10.5. The van der Waals surface area contributed by atoms with E-state index in [0.717, 1.165) is 37.5 Å². The lowest BCUT2D eigenvalue weighted by atomic mass is 10.3. The molecule has 1 atom stereocenters. The topological polar surface area (TPSA) is 62.3 Å². The number of nitrogens with one attached hydrogen (secondary N) is 1. The number of anilines is 1. The molecule has 1 aromatic rings. The van der Waals surface area contributed by atoms with Gasteiger partial charge in [0.15, 0.2) is 5.13 Å². The van der Waals surface area contributed by atoms with Crippen LogP contribution in [0.1, 0.15) is 26.2 Å². The third-order valence-electron chi connectivity index (χ3n) is 2.99. The standard InChI is InChI=1S/C11H19N3O2S2/c1-2-3-8-18(15,16)13-10-4-6-14(9-10)11-12-5-7-17-11/h5,7,10,13H,2-4,6,8-9H2,1H3.